The fourth-order valence-electron chi connectivity index (χ4n) is 2.35. The quantitative estimate of drug-likeness (QED) is 0.694. The van der Waals surface area contributed by atoms with Crippen LogP contribution in [-0.4, -0.2) is 65.7 Å². The molecule has 128 valence electrons. The van der Waals surface area contributed by atoms with Crippen LogP contribution in [0.4, 0.5) is 4.39 Å². The van der Waals surface area contributed by atoms with Crippen LogP contribution in [0.2, 0.25) is 0 Å². The molecule has 1 aromatic carbocycles. The lowest BCUT2D eigenvalue weighted by atomic mass is 10.2. The molecule has 0 aromatic heterocycles. The van der Waals surface area contributed by atoms with E-state index in [4.69, 9.17) is 0 Å². The predicted octanol–water partition coefficient (Wildman–Crippen LogP) is -0.204. The van der Waals surface area contributed by atoms with E-state index >= 15 is 0 Å². The van der Waals surface area contributed by atoms with E-state index in [0.717, 1.165) is 51.5 Å². The highest BCUT2D eigenvalue weighted by atomic mass is 32.2. The van der Waals surface area contributed by atoms with Crippen LogP contribution in [0.25, 0.3) is 0 Å². The normalized spacial score (nSPS) is 16.3. The Kier molecular flexibility index (Phi) is 6.05. The van der Waals surface area contributed by atoms with Gasteiger partial charge in [0.05, 0.1) is 17.6 Å². The van der Waals surface area contributed by atoms with Crippen molar-refractivity contribution >= 4 is 16.0 Å². The minimum atomic E-state index is -4.00. The van der Waals surface area contributed by atoms with Gasteiger partial charge in [-0.25, -0.2) is 22.3 Å². The molecule has 0 spiro atoms. The second kappa shape index (κ2) is 7.82. The van der Waals surface area contributed by atoms with Gasteiger partial charge in [-0.3, -0.25) is 4.90 Å². The Labute approximate surface area is 134 Å². The van der Waals surface area contributed by atoms with Crippen molar-refractivity contribution < 1.29 is 22.3 Å². The van der Waals surface area contributed by atoms with Gasteiger partial charge in [-0.05, 0) is 18.2 Å². The Morgan fingerprint density at radius 1 is 1.39 bits per heavy atom. The van der Waals surface area contributed by atoms with E-state index in [1.807, 2.05) is 0 Å². The SMILES string of the molecule is COC(=O)c1ccc(F)cc1S(=O)(=O)NCCN1CCNCC1. The molecule has 1 aliphatic rings. The van der Waals surface area contributed by atoms with Crippen molar-refractivity contribution in [2.24, 2.45) is 0 Å². The molecule has 7 nitrogen and oxygen atoms in total. The first-order valence-corrected chi connectivity index (χ1v) is 8.73. The van der Waals surface area contributed by atoms with Gasteiger partial charge >= 0.3 is 5.97 Å². The summed E-state index contributed by atoms with van der Waals surface area (Å²) >= 11 is 0. The summed E-state index contributed by atoms with van der Waals surface area (Å²) in [5.41, 5.74) is -0.191. The van der Waals surface area contributed by atoms with E-state index in [1.165, 1.54) is 0 Å². The van der Waals surface area contributed by atoms with Crippen LogP contribution < -0.4 is 10.0 Å². The second-order valence-corrected chi connectivity index (χ2v) is 6.86. The average Bonchev–Trinajstić information content (AvgIpc) is 2.55. The number of sulfonamides is 1. The van der Waals surface area contributed by atoms with Crippen LogP contribution in [0.15, 0.2) is 23.1 Å². The summed E-state index contributed by atoms with van der Waals surface area (Å²) in [5, 5.41) is 3.21. The smallest absolute Gasteiger partial charge is 0.339 e. The van der Waals surface area contributed by atoms with Crippen LogP contribution >= 0.6 is 0 Å². The molecule has 0 saturated carbocycles. The van der Waals surface area contributed by atoms with Crippen LogP contribution in [-0.2, 0) is 14.8 Å². The molecule has 0 atom stereocenters. The Bertz CT molecular complexity index is 660. The molecule has 0 amide bonds. The van der Waals surface area contributed by atoms with Crippen LogP contribution in [0.1, 0.15) is 10.4 Å². The number of nitrogens with zero attached hydrogens (tertiary/aromatic N) is 1. The summed E-state index contributed by atoms with van der Waals surface area (Å²) < 4.78 is 45.0. The zero-order valence-electron chi connectivity index (χ0n) is 12.8. The van der Waals surface area contributed by atoms with Crippen LogP contribution in [0, 0.1) is 5.82 Å². The number of ether oxygens (including phenoxy) is 1. The third-order valence-electron chi connectivity index (χ3n) is 3.57. The van der Waals surface area contributed by atoms with E-state index in [0.29, 0.717) is 6.54 Å². The number of piperazine rings is 1. The number of rotatable bonds is 6. The number of esters is 1. The fraction of sp³-hybridized carbons (Fsp3) is 0.500. The number of halogens is 1. The topological polar surface area (TPSA) is 87.7 Å². The van der Waals surface area contributed by atoms with Crippen molar-refractivity contribution in [3.8, 4) is 0 Å². The van der Waals surface area contributed by atoms with Gasteiger partial charge in [0.15, 0.2) is 0 Å². The van der Waals surface area contributed by atoms with Crippen molar-refractivity contribution in [3.63, 3.8) is 0 Å². The first-order chi connectivity index (χ1) is 10.9. The second-order valence-electron chi connectivity index (χ2n) is 5.12. The number of methoxy groups -OCH3 is 1. The molecule has 0 bridgehead atoms. The molecule has 1 aliphatic heterocycles. The van der Waals surface area contributed by atoms with Crippen molar-refractivity contribution in [2.45, 2.75) is 4.90 Å². The van der Waals surface area contributed by atoms with Gasteiger partial charge in [-0.1, -0.05) is 0 Å². The molecule has 1 aromatic rings. The van der Waals surface area contributed by atoms with E-state index < -0.39 is 26.7 Å². The minimum absolute atomic E-state index is 0.180. The van der Waals surface area contributed by atoms with Gasteiger partial charge in [0.1, 0.15) is 5.82 Å². The summed E-state index contributed by atoms with van der Waals surface area (Å²) in [6, 6.07) is 2.94. The lowest BCUT2D eigenvalue weighted by Gasteiger charge is -2.27. The molecular formula is C14H20FN3O4S. The lowest BCUT2D eigenvalue weighted by molar-refractivity contribution is 0.0596. The maximum absolute atomic E-state index is 13.4. The van der Waals surface area contributed by atoms with Crippen molar-refractivity contribution in [3.05, 3.63) is 29.6 Å². The Balaban J connectivity index is 2.09. The Morgan fingerprint density at radius 3 is 2.74 bits per heavy atom. The maximum atomic E-state index is 13.4. The van der Waals surface area contributed by atoms with Crippen LogP contribution in [0.5, 0.6) is 0 Å². The van der Waals surface area contributed by atoms with E-state index in [1.54, 1.807) is 0 Å². The zero-order chi connectivity index (χ0) is 16.9. The first kappa shape index (κ1) is 17.8. The molecule has 2 rings (SSSR count). The van der Waals surface area contributed by atoms with E-state index in [9.17, 15) is 17.6 Å². The van der Waals surface area contributed by atoms with E-state index in [-0.39, 0.29) is 12.1 Å². The number of carbonyl (C=O) groups excluding carboxylic acids is 1. The van der Waals surface area contributed by atoms with Crippen molar-refractivity contribution in [2.75, 3.05) is 46.4 Å². The lowest BCUT2D eigenvalue weighted by Crippen LogP contribution is -2.46. The highest BCUT2D eigenvalue weighted by Gasteiger charge is 2.24. The summed E-state index contributed by atoms with van der Waals surface area (Å²) in [7, 11) is -2.86. The number of carbonyl (C=O) groups is 1. The molecule has 9 heteroatoms. The molecular weight excluding hydrogens is 325 g/mol. The highest BCUT2D eigenvalue weighted by molar-refractivity contribution is 7.89. The molecule has 1 heterocycles. The third kappa shape index (κ3) is 4.71. The first-order valence-electron chi connectivity index (χ1n) is 7.24. The van der Waals surface area contributed by atoms with Crippen molar-refractivity contribution in [1.82, 2.24) is 14.9 Å². The molecule has 1 fully saturated rings. The average molecular weight is 345 g/mol. The molecule has 0 radical (unpaired) electrons. The minimum Gasteiger partial charge on any atom is -0.465 e. The number of benzene rings is 1. The highest BCUT2D eigenvalue weighted by Crippen LogP contribution is 2.18. The van der Waals surface area contributed by atoms with Gasteiger partial charge in [0.25, 0.3) is 0 Å². The van der Waals surface area contributed by atoms with Gasteiger partial charge in [0, 0.05) is 39.3 Å². The zero-order valence-corrected chi connectivity index (χ0v) is 13.7. The van der Waals surface area contributed by atoms with Gasteiger partial charge in [-0.2, -0.15) is 0 Å². The summed E-state index contributed by atoms with van der Waals surface area (Å²) in [6.07, 6.45) is 0. The Morgan fingerprint density at radius 2 is 2.09 bits per heavy atom. The number of nitrogens with one attached hydrogen (secondary N) is 2. The molecule has 0 aliphatic carbocycles. The Hall–Kier alpha value is -1.55. The van der Waals surface area contributed by atoms with Gasteiger partial charge in [0.2, 0.25) is 10.0 Å². The summed E-state index contributed by atoms with van der Waals surface area (Å²) in [4.78, 5) is 13.4. The standard InChI is InChI=1S/C14H20FN3O4S/c1-22-14(19)12-3-2-11(15)10-13(12)23(20,21)17-6-9-18-7-4-16-5-8-18/h2-3,10,16-17H,4-9H2,1H3. The third-order valence-corrected chi connectivity index (χ3v) is 5.07. The predicted molar refractivity (Wildman–Crippen MR) is 82.2 cm³/mol. The summed E-state index contributed by atoms with van der Waals surface area (Å²) in [6.45, 7) is 4.14. The summed E-state index contributed by atoms with van der Waals surface area (Å²) in [5.74, 6) is -1.56. The largest absolute Gasteiger partial charge is 0.465 e. The maximum Gasteiger partial charge on any atom is 0.339 e. The molecule has 2 N–H and O–H groups in total. The fourth-order valence-corrected chi connectivity index (χ4v) is 3.57. The van der Waals surface area contributed by atoms with E-state index in [2.05, 4.69) is 19.7 Å². The monoisotopic (exact) mass is 345 g/mol. The van der Waals surface area contributed by atoms with Gasteiger partial charge < -0.3 is 10.1 Å². The number of hydrogen-bond acceptors (Lipinski definition) is 6. The molecule has 23 heavy (non-hydrogen) atoms. The molecule has 0 unspecified atom stereocenters. The van der Waals surface area contributed by atoms with Crippen LogP contribution in [0.3, 0.4) is 0 Å². The van der Waals surface area contributed by atoms with Crippen molar-refractivity contribution in [1.29, 1.82) is 0 Å². The molecule has 1 saturated heterocycles. The van der Waals surface area contributed by atoms with Gasteiger partial charge in [-0.15, -0.1) is 0 Å². The number of hydrogen-bond donors (Lipinski definition) is 2.